The molecular weight excluding hydrogens is 340 g/mol. The number of rotatable bonds is 5. The van der Waals surface area contributed by atoms with Crippen LogP contribution in [0.4, 0.5) is 5.69 Å². The van der Waals surface area contributed by atoms with Gasteiger partial charge in [0, 0.05) is 38.7 Å². The molecule has 1 heterocycles. The summed E-state index contributed by atoms with van der Waals surface area (Å²) in [6, 6.07) is 5.49. The van der Waals surface area contributed by atoms with E-state index in [9.17, 15) is 18.0 Å². The van der Waals surface area contributed by atoms with E-state index in [0.717, 1.165) is 16.8 Å². The lowest BCUT2D eigenvalue weighted by molar-refractivity contribution is -0.131. The smallest absolute Gasteiger partial charge is 0.224 e. The lowest BCUT2D eigenvalue weighted by atomic mass is 10.1. The SMILES string of the molecule is CC(=O)N(CCC(=O)N(C)C1CCS(=O)(=O)C1)c1cccc(C)c1C. The van der Waals surface area contributed by atoms with Gasteiger partial charge in [0.15, 0.2) is 9.84 Å². The summed E-state index contributed by atoms with van der Waals surface area (Å²) < 4.78 is 23.2. The fraction of sp³-hybridized carbons (Fsp3) is 0.556. The molecule has 2 rings (SSSR count). The molecule has 0 aliphatic carbocycles. The Kier molecular flexibility index (Phi) is 5.87. The van der Waals surface area contributed by atoms with Gasteiger partial charge < -0.3 is 9.80 Å². The van der Waals surface area contributed by atoms with Crippen LogP contribution < -0.4 is 4.90 Å². The second-order valence-electron chi connectivity index (χ2n) is 6.70. The number of benzene rings is 1. The van der Waals surface area contributed by atoms with Crippen molar-refractivity contribution in [1.82, 2.24) is 4.90 Å². The fourth-order valence-corrected chi connectivity index (χ4v) is 4.92. The molecule has 2 amide bonds. The Labute approximate surface area is 149 Å². The van der Waals surface area contributed by atoms with Gasteiger partial charge in [0.25, 0.3) is 0 Å². The number of amides is 2. The maximum atomic E-state index is 12.4. The molecule has 1 aromatic rings. The van der Waals surface area contributed by atoms with Gasteiger partial charge in [0.1, 0.15) is 0 Å². The van der Waals surface area contributed by atoms with Crippen molar-refractivity contribution in [2.45, 2.75) is 39.7 Å². The zero-order chi connectivity index (χ0) is 18.8. The van der Waals surface area contributed by atoms with Gasteiger partial charge in [-0.1, -0.05) is 12.1 Å². The second-order valence-corrected chi connectivity index (χ2v) is 8.93. The molecule has 25 heavy (non-hydrogen) atoms. The molecule has 0 radical (unpaired) electrons. The molecule has 0 spiro atoms. The minimum Gasteiger partial charge on any atom is -0.342 e. The molecule has 0 bridgehead atoms. The second kappa shape index (κ2) is 7.56. The van der Waals surface area contributed by atoms with Crippen LogP contribution in [-0.4, -0.2) is 56.3 Å². The Hall–Kier alpha value is -1.89. The summed E-state index contributed by atoms with van der Waals surface area (Å²) in [6.07, 6.45) is 0.651. The molecule has 0 saturated carbocycles. The highest BCUT2D eigenvalue weighted by Gasteiger charge is 2.32. The van der Waals surface area contributed by atoms with Crippen molar-refractivity contribution in [2.75, 3.05) is 30.0 Å². The van der Waals surface area contributed by atoms with Crippen LogP contribution in [0.25, 0.3) is 0 Å². The summed E-state index contributed by atoms with van der Waals surface area (Å²) >= 11 is 0. The van der Waals surface area contributed by atoms with Crippen LogP contribution in [0.3, 0.4) is 0 Å². The molecule has 1 aliphatic rings. The highest BCUT2D eigenvalue weighted by atomic mass is 32.2. The number of aryl methyl sites for hydroxylation is 1. The van der Waals surface area contributed by atoms with E-state index in [1.807, 2.05) is 32.0 Å². The van der Waals surface area contributed by atoms with Gasteiger partial charge in [-0.25, -0.2) is 8.42 Å². The first-order chi connectivity index (χ1) is 11.6. The number of sulfone groups is 1. The van der Waals surface area contributed by atoms with Crippen LogP contribution >= 0.6 is 0 Å². The van der Waals surface area contributed by atoms with Gasteiger partial charge in [0.05, 0.1) is 11.5 Å². The number of hydrogen-bond acceptors (Lipinski definition) is 4. The van der Waals surface area contributed by atoms with E-state index in [1.54, 1.807) is 11.9 Å². The number of nitrogens with zero attached hydrogens (tertiary/aromatic N) is 2. The van der Waals surface area contributed by atoms with Gasteiger partial charge in [-0.2, -0.15) is 0 Å². The van der Waals surface area contributed by atoms with Crippen molar-refractivity contribution in [3.63, 3.8) is 0 Å². The highest BCUT2D eigenvalue weighted by Crippen LogP contribution is 2.23. The van der Waals surface area contributed by atoms with E-state index in [0.29, 0.717) is 6.42 Å². The summed E-state index contributed by atoms with van der Waals surface area (Å²) in [5.74, 6) is -0.0914. The van der Waals surface area contributed by atoms with Crippen molar-refractivity contribution in [3.05, 3.63) is 29.3 Å². The van der Waals surface area contributed by atoms with Crippen LogP contribution in [0.15, 0.2) is 18.2 Å². The Morgan fingerprint density at radius 1 is 1.24 bits per heavy atom. The van der Waals surface area contributed by atoms with E-state index >= 15 is 0 Å². The molecule has 1 saturated heterocycles. The maximum Gasteiger partial charge on any atom is 0.224 e. The van der Waals surface area contributed by atoms with E-state index < -0.39 is 9.84 Å². The third-order valence-corrected chi connectivity index (χ3v) is 6.70. The minimum absolute atomic E-state index is 0.0304. The number of carbonyl (C=O) groups is 2. The first kappa shape index (κ1) is 19.4. The van der Waals surface area contributed by atoms with Crippen molar-refractivity contribution < 1.29 is 18.0 Å². The Bertz CT molecular complexity index is 773. The minimum atomic E-state index is -3.03. The molecule has 0 aromatic heterocycles. The number of carbonyl (C=O) groups excluding carboxylic acids is 2. The van der Waals surface area contributed by atoms with E-state index in [4.69, 9.17) is 0 Å². The van der Waals surface area contributed by atoms with Gasteiger partial charge in [0.2, 0.25) is 11.8 Å². The largest absolute Gasteiger partial charge is 0.342 e. The Morgan fingerprint density at radius 2 is 1.92 bits per heavy atom. The van der Waals surface area contributed by atoms with E-state index in [1.165, 1.54) is 11.8 Å². The highest BCUT2D eigenvalue weighted by molar-refractivity contribution is 7.91. The van der Waals surface area contributed by atoms with Gasteiger partial charge in [-0.3, -0.25) is 9.59 Å². The lowest BCUT2D eigenvalue weighted by Crippen LogP contribution is -2.40. The average Bonchev–Trinajstić information content (AvgIpc) is 2.90. The van der Waals surface area contributed by atoms with Crippen LogP contribution in [-0.2, 0) is 19.4 Å². The summed E-state index contributed by atoms with van der Waals surface area (Å²) in [5, 5.41) is 0. The van der Waals surface area contributed by atoms with Crippen LogP contribution in [0.5, 0.6) is 0 Å². The predicted octanol–water partition coefficient (Wildman–Crippen LogP) is 1.69. The molecule has 1 aliphatic heterocycles. The third-order valence-electron chi connectivity index (χ3n) is 4.95. The zero-order valence-electron chi connectivity index (χ0n) is 15.3. The van der Waals surface area contributed by atoms with Crippen molar-refractivity contribution in [3.8, 4) is 0 Å². The molecular formula is C18H26N2O4S. The molecule has 138 valence electrons. The summed E-state index contributed by atoms with van der Waals surface area (Å²) in [6.45, 7) is 5.70. The molecule has 1 fully saturated rings. The molecule has 7 heteroatoms. The molecule has 1 unspecified atom stereocenters. The average molecular weight is 366 g/mol. The molecule has 1 aromatic carbocycles. The Balaban J connectivity index is 2.05. The normalized spacial score (nSPS) is 18.8. The third kappa shape index (κ3) is 4.60. The topological polar surface area (TPSA) is 74.8 Å². The van der Waals surface area contributed by atoms with Crippen molar-refractivity contribution >= 4 is 27.3 Å². The quantitative estimate of drug-likeness (QED) is 0.795. The van der Waals surface area contributed by atoms with Crippen LogP contribution in [0.1, 0.15) is 30.9 Å². The van der Waals surface area contributed by atoms with Crippen LogP contribution in [0, 0.1) is 13.8 Å². The molecule has 0 N–H and O–H groups in total. The zero-order valence-corrected chi connectivity index (χ0v) is 16.1. The van der Waals surface area contributed by atoms with Gasteiger partial charge in [-0.05, 0) is 37.5 Å². The summed E-state index contributed by atoms with van der Waals surface area (Å²) in [4.78, 5) is 27.6. The number of hydrogen-bond donors (Lipinski definition) is 0. The standard InChI is InChI=1S/C18H26N2O4S/c1-13-6-5-7-17(14(13)2)20(15(3)21)10-8-18(22)19(4)16-9-11-25(23,24)12-16/h5-7,16H,8-12H2,1-4H3. The first-order valence-electron chi connectivity index (χ1n) is 8.43. The molecule has 6 nitrogen and oxygen atoms in total. The summed E-state index contributed by atoms with van der Waals surface area (Å²) in [5.41, 5.74) is 2.91. The predicted molar refractivity (Wildman–Crippen MR) is 98.4 cm³/mol. The monoisotopic (exact) mass is 366 g/mol. The Morgan fingerprint density at radius 3 is 2.48 bits per heavy atom. The maximum absolute atomic E-state index is 12.4. The fourth-order valence-electron chi connectivity index (χ4n) is 3.14. The lowest BCUT2D eigenvalue weighted by Gasteiger charge is -2.27. The molecule has 1 atom stereocenters. The van der Waals surface area contributed by atoms with Crippen LogP contribution in [0.2, 0.25) is 0 Å². The van der Waals surface area contributed by atoms with E-state index in [-0.39, 0.29) is 42.3 Å². The van der Waals surface area contributed by atoms with E-state index in [2.05, 4.69) is 0 Å². The van der Waals surface area contributed by atoms with Gasteiger partial charge >= 0.3 is 0 Å². The van der Waals surface area contributed by atoms with Crippen molar-refractivity contribution in [1.29, 1.82) is 0 Å². The van der Waals surface area contributed by atoms with Gasteiger partial charge in [-0.15, -0.1) is 0 Å². The number of anilines is 1. The summed E-state index contributed by atoms with van der Waals surface area (Å²) in [7, 11) is -1.39. The first-order valence-corrected chi connectivity index (χ1v) is 10.2. The van der Waals surface area contributed by atoms with Crippen molar-refractivity contribution in [2.24, 2.45) is 0 Å².